The molecule has 1 aromatic rings. The summed E-state index contributed by atoms with van der Waals surface area (Å²) in [6, 6.07) is 4.41. The zero-order chi connectivity index (χ0) is 11.5. The summed E-state index contributed by atoms with van der Waals surface area (Å²) in [5.41, 5.74) is 1.17. The van der Waals surface area contributed by atoms with Crippen molar-refractivity contribution in [2.45, 2.75) is 18.9 Å². The number of rotatable bonds is 3. The van der Waals surface area contributed by atoms with E-state index in [4.69, 9.17) is 9.47 Å². The molecule has 3 nitrogen and oxygen atoms in total. The average molecular weight is 286 g/mol. The van der Waals surface area contributed by atoms with Crippen LogP contribution >= 0.6 is 15.9 Å². The lowest BCUT2D eigenvalue weighted by atomic mass is 10.0. The molecule has 0 radical (unpaired) electrons. The Balaban J connectivity index is 2.44. The van der Waals surface area contributed by atoms with Crippen molar-refractivity contribution < 1.29 is 9.47 Å². The second-order valence-electron chi connectivity index (χ2n) is 3.88. The van der Waals surface area contributed by atoms with Crippen molar-refractivity contribution in [3.8, 4) is 11.5 Å². The lowest BCUT2D eigenvalue weighted by molar-refractivity contribution is 0.348. The maximum atomic E-state index is 5.45. The summed E-state index contributed by atoms with van der Waals surface area (Å²) in [6.45, 7) is 1.07. The van der Waals surface area contributed by atoms with Crippen molar-refractivity contribution in [2.24, 2.45) is 0 Å². The van der Waals surface area contributed by atoms with E-state index in [1.807, 2.05) is 6.07 Å². The van der Waals surface area contributed by atoms with Gasteiger partial charge in [0.05, 0.1) is 14.2 Å². The number of hydrogen-bond donors (Lipinski definition) is 1. The van der Waals surface area contributed by atoms with Crippen molar-refractivity contribution in [1.29, 1.82) is 0 Å². The molecule has 0 aromatic heterocycles. The highest BCUT2D eigenvalue weighted by Gasteiger charge is 2.22. The Morgan fingerprint density at radius 1 is 1.31 bits per heavy atom. The number of nitrogens with one attached hydrogen (secondary N) is 1. The third-order valence-electron chi connectivity index (χ3n) is 2.91. The van der Waals surface area contributed by atoms with Gasteiger partial charge in [-0.25, -0.2) is 0 Å². The molecule has 0 aliphatic carbocycles. The summed E-state index contributed by atoms with van der Waals surface area (Å²) in [5, 5.41) is 3.47. The van der Waals surface area contributed by atoms with E-state index in [-0.39, 0.29) is 0 Å². The molecule has 0 amide bonds. The van der Waals surface area contributed by atoms with Gasteiger partial charge >= 0.3 is 0 Å². The van der Waals surface area contributed by atoms with Gasteiger partial charge < -0.3 is 14.8 Å². The molecule has 2 rings (SSSR count). The lowest BCUT2D eigenvalue weighted by Crippen LogP contribution is -2.14. The highest BCUT2D eigenvalue weighted by Crippen LogP contribution is 2.40. The number of ether oxygens (including phenoxy) is 2. The van der Waals surface area contributed by atoms with E-state index >= 15 is 0 Å². The molecule has 1 atom stereocenters. The number of methoxy groups -OCH3 is 2. The fourth-order valence-electron chi connectivity index (χ4n) is 2.17. The Bertz CT molecular complexity index is 376. The van der Waals surface area contributed by atoms with Gasteiger partial charge in [0, 0.05) is 16.1 Å². The molecule has 4 heteroatoms. The van der Waals surface area contributed by atoms with Gasteiger partial charge in [0.1, 0.15) is 0 Å². The molecule has 1 N–H and O–H groups in total. The van der Waals surface area contributed by atoms with E-state index in [2.05, 4.69) is 27.3 Å². The zero-order valence-electron chi connectivity index (χ0n) is 9.55. The minimum Gasteiger partial charge on any atom is -0.493 e. The van der Waals surface area contributed by atoms with E-state index in [1.54, 1.807) is 14.2 Å². The summed E-state index contributed by atoms with van der Waals surface area (Å²) in [7, 11) is 3.35. The van der Waals surface area contributed by atoms with E-state index in [0.717, 1.165) is 28.9 Å². The van der Waals surface area contributed by atoms with Crippen LogP contribution in [0.4, 0.5) is 0 Å². The summed E-state index contributed by atoms with van der Waals surface area (Å²) < 4.78 is 11.8. The predicted octanol–water partition coefficient (Wildman–Crippen LogP) is 2.89. The average Bonchev–Trinajstić information content (AvgIpc) is 2.81. The SMILES string of the molecule is COc1cc(Br)cc(C2CCCN2)c1OC. The minimum absolute atomic E-state index is 0.376. The van der Waals surface area contributed by atoms with E-state index in [0.29, 0.717) is 6.04 Å². The summed E-state index contributed by atoms with van der Waals surface area (Å²) in [6.07, 6.45) is 2.36. The van der Waals surface area contributed by atoms with Crippen LogP contribution in [-0.4, -0.2) is 20.8 Å². The minimum atomic E-state index is 0.376. The highest BCUT2D eigenvalue weighted by atomic mass is 79.9. The van der Waals surface area contributed by atoms with Gasteiger partial charge in [0.2, 0.25) is 0 Å². The molecule has 1 heterocycles. The first-order valence-electron chi connectivity index (χ1n) is 5.41. The molecular weight excluding hydrogens is 270 g/mol. The molecular formula is C12H16BrNO2. The van der Waals surface area contributed by atoms with Crippen LogP contribution in [0.2, 0.25) is 0 Å². The van der Waals surface area contributed by atoms with E-state index in [9.17, 15) is 0 Å². The molecule has 1 unspecified atom stereocenters. The highest BCUT2D eigenvalue weighted by molar-refractivity contribution is 9.10. The smallest absolute Gasteiger partial charge is 0.165 e. The maximum Gasteiger partial charge on any atom is 0.165 e. The van der Waals surface area contributed by atoms with Crippen LogP contribution < -0.4 is 14.8 Å². The van der Waals surface area contributed by atoms with Gasteiger partial charge in [-0.05, 0) is 31.5 Å². The van der Waals surface area contributed by atoms with Crippen molar-refractivity contribution >= 4 is 15.9 Å². The monoisotopic (exact) mass is 285 g/mol. The Morgan fingerprint density at radius 3 is 2.69 bits per heavy atom. The zero-order valence-corrected chi connectivity index (χ0v) is 11.1. The van der Waals surface area contributed by atoms with Gasteiger partial charge in [-0.1, -0.05) is 15.9 Å². The summed E-state index contributed by atoms with van der Waals surface area (Å²) in [5.74, 6) is 1.62. The fourth-order valence-corrected chi connectivity index (χ4v) is 2.62. The predicted molar refractivity (Wildman–Crippen MR) is 67.2 cm³/mol. The van der Waals surface area contributed by atoms with Gasteiger partial charge in [-0.2, -0.15) is 0 Å². The van der Waals surface area contributed by atoms with Crippen molar-refractivity contribution in [3.05, 3.63) is 22.2 Å². The number of halogens is 1. The second-order valence-corrected chi connectivity index (χ2v) is 4.80. The van der Waals surface area contributed by atoms with Crippen LogP contribution in [0.5, 0.6) is 11.5 Å². The first-order chi connectivity index (χ1) is 7.76. The van der Waals surface area contributed by atoms with Crippen LogP contribution in [0, 0.1) is 0 Å². The largest absolute Gasteiger partial charge is 0.493 e. The van der Waals surface area contributed by atoms with Crippen LogP contribution in [0.1, 0.15) is 24.4 Å². The third kappa shape index (κ3) is 2.18. The Kier molecular flexibility index (Phi) is 3.71. The van der Waals surface area contributed by atoms with Crippen molar-refractivity contribution in [2.75, 3.05) is 20.8 Å². The van der Waals surface area contributed by atoms with Gasteiger partial charge in [-0.3, -0.25) is 0 Å². The molecule has 0 spiro atoms. The topological polar surface area (TPSA) is 30.5 Å². The Hall–Kier alpha value is -0.740. The summed E-state index contributed by atoms with van der Waals surface area (Å²) >= 11 is 3.50. The fraction of sp³-hybridized carbons (Fsp3) is 0.500. The molecule has 1 fully saturated rings. The third-order valence-corrected chi connectivity index (χ3v) is 3.37. The van der Waals surface area contributed by atoms with Gasteiger partial charge in [-0.15, -0.1) is 0 Å². The normalized spacial score (nSPS) is 19.8. The van der Waals surface area contributed by atoms with Crippen LogP contribution in [-0.2, 0) is 0 Å². The number of benzene rings is 1. The van der Waals surface area contributed by atoms with Gasteiger partial charge in [0.15, 0.2) is 11.5 Å². The quantitative estimate of drug-likeness (QED) is 0.926. The first kappa shape index (κ1) is 11.7. The molecule has 1 aromatic carbocycles. The molecule has 1 aliphatic rings. The molecule has 88 valence electrons. The summed E-state index contributed by atoms with van der Waals surface area (Å²) in [4.78, 5) is 0. The first-order valence-corrected chi connectivity index (χ1v) is 6.20. The van der Waals surface area contributed by atoms with E-state index < -0.39 is 0 Å². The number of hydrogen-bond acceptors (Lipinski definition) is 3. The molecule has 0 saturated carbocycles. The molecule has 1 aliphatic heterocycles. The molecule has 0 bridgehead atoms. The van der Waals surface area contributed by atoms with Crippen LogP contribution in [0.25, 0.3) is 0 Å². The van der Waals surface area contributed by atoms with Crippen LogP contribution in [0.3, 0.4) is 0 Å². The Labute approximate surface area is 104 Å². The standard InChI is InChI=1S/C12H16BrNO2/c1-15-11-7-8(13)6-9(12(11)16-2)10-4-3-5-14-10/h6-7,10,14H,3-5H2,1-2H3. The van der Waals surface area contributed by atoms with Crippen molar-refractivity contribution in [1.82, 2.24) is 5.32 Å². The maximum absolute atomic E-state index is 5.45. The molecule has 16 heavy (non-hydrogen) atoms. The lowest BCUT2D eigenvalue weighted by Gasteiger charge is -2.18. The molecule has 1 saturated heterocycles. The van der Waals surface area contributed by atoms with Crippen molar-refractivity contribution in [3.63, 3.8) is 0 Å². The van der Waals surface area contributed by atoms with Crippen LogP contribution in [0.15, 0.2) is 16.6 Å². The Morgan fingerprint density at radius 2 is 2.12 bits per heavy atom. The van der Waals surface area contributed by atoms with E-state index in [1.165, 1.54) is 12.0 Å². The van der Waals surface area contributed by atoms with Gasteiger partial charge in [0.25, 0.3) is 0 Å². The second kappa shape index (κ2) is 5.06.